The Balaban J connectivity index is 2.18. The Kier molecular flexibility index (Phi) is 4.15. The van der Waals surface area contributed by atoms with Crippen molar-refractivity contribution in [2.75, 3.05) is 12.3 Å². The lowest BCUT2D eigenvalue weighted by atomic mass is 9.80. The van der Waals surface area contributed by atoms with Crippen molar-refractivity contribution < 1.29 is 18.3 Å². The van der Waals surface area contributed by atoms with Gasteiger partial charge in [-0.1, -0.05) is 19.1 Å². The fraction of sp³-hybridized carbons (Fsp3) is 0.500. The maximum Gasteiger partial charge on any atom is 0.252 e. The van der Waals surface area contributed by atoms with Crippen molar-refractivity contribution in [1.29, 1.82) is 0 Å². The summed E-state index contributed by atoms with van der Waals surface area (Å²) in [4.78, 5) is 12.2. The van der Waals surface area contributed by atoms with Gasteiger partial charge in [-0.3, -0.25) is 4.79 Å². The zero-order valence-electron chi connectivity index (χ0n) is 11.4. The molecule has 0 unspecified atom stereocenters. The van der Waals surface area contributed by atoms with Gasteiger partial charge < -0.3 is 10.4 Å². The van der Waals surface area contributed by atoms with Crippen molar-refractivity contribution in [2.45, 2.75) is 36.7 Å². The normalized spacial score (nSPS) is 17.3. The van der Waals surface area contributed by atoms with E-state index in [0.29, 0.717) is 12.8 Å². The third-order valence-electron chi connectivity index (χ3n) is 3.71. The van der Waals surface area contributed by atoms with Crippen LogP contribution >= 0.6 is 0 Å². The van der Waals surface area contributed by atoms with Gasteiger partial charge in [0.25, 0.3) is 5.91 Å². The molecule has 5 nitrogen and oxygen atoms in total. The lowest BCUT2D eigenvalue weighted by molar-refractivity contribution is -0.0300. The van der Waals surface area contributed by atoms with Gasteiger partial charge in [0, 0.05) is 6.54 Å². The van der Waals surface area contributed by atoms with E-state index < -0.39 is 21.3 Å². The second kappa shape index (κ2) is 5.54. The van der Waals surface area contributed by atoms with Gasteiger partial charge in [-0.25, -0.2) is 8.42 Å². The Morgan fingerprint density at radius 1 is 1.35 bits per heavy atom. The van der Waals surface area contributed by atoms with E-state index in [9.17, 15) is 18.3 Å². The molecule has 1 aromatic carbocycles. The highest BCUT2D eigenvalue weighted by Gasteiger charge is 2.34. The molecule has 1 aliphatic carbocycles. The molecular formula is C14H19NO4S. The maximum absolute atomic E-state index is 12.1. The van der Waals surface area contributed by atoms with Crippen molar-refractivity contribution in [3.05, 3.63) is 29.8 Å². The highest BCUT2D eigenvalue weighted by molar-refractivity contribution is 7.91. The van der Waals surface area contributed by atoms with Crippen LogP contribution in [0, 0.1) is 0 Å². The van der Waals surface area contributed by atoms with E-state index in [0.717, 1.165) is 6.42 Å². The molecule has 0 aliphatic heterocycles. The molecule has 0 spiro atoms. The number of nitrogens with one attached hydrogen (secondary N) is 1. The van der Waals surface area contributed by atoms with E-state index in [1.54, 1.807) is 19.1 Å². The first-order valence-corrected chi connectivity index (χ1v) is 8.35. The van der Waals surface area contributed by atoms with Crippen LogP contribution in [0.5, 0.6) is 0 Å². The summed E-state index contributed by atoms with van der Waals surface area (Å²) in [6.07, 6.45) is 2.29. The molecule has 110 valence electrons. The Labute approximate surface area is 118 Å². The number of hydrogen-bond donors (Lipinski definition) is 2. The minimum Gasteiger partial charge on any atom is -0.388 e. The summed E-state index contributed by atoms with van der Waals surface area (Å²) in [7, 11) is -3.44. The highest BCUT2D eigenvalue weighted by Crippen LogP contribution is 2.30. The molecular weight excluding hydrogens is 278 g/mol. The van der Waals surface area contributed by atoms with E-state index in [-0.39, 0.29) is 22.8 Å². The number of benzene rings is 1. The quantitative estimate of drug-likeness (QED) is 0.853. The summed E-state index contributed by atoms with van der Waals surface area (Å²) in [5.41, 5.74) is -0.689. The average molecular weight is 297 g/mol. The summed E-state index contributed by atoms with van der Waals surface area (Å²) in [5, 5.41) is 12.6. The third-order valence-corrected chi connectivity index (χ3v) is 5.50. The monoisotopic (exact) mass is 297 g/mol. The smallest absolute Gasteiger partial charge is 0.252 e. The van der Waals surface area contributed by atoms with Crippen LogP contribution < -0.4 is 5.32 Å². The molecule has 1 amide bonds. The van der Waals surface area contributed by atoms with Crippen LogP contribution in [-0.4, -0.2) is 37.3 Å². The molecule has 1 fully saturated rings. The molecule has 2 N–H and O–H groups in total. The molecule has 1 aliphatic rings. The van der Waals surface area contributed by atoms with E-state index >= 15 is 0 Å². The predicted octanol–water partition coefficient (Wildman–Crippen LogP) is 1.12. The van der Waals surface area contributed by atoms with Crippen LogP contribution in [0.25, 0.3) is 0 Å². The summed E-state index contributed by atoms with van der Waals surface area (Å²) in [6, 6.07) is 6.15. The average Bonchev–Trinajstić information content (AvgIpc) is 2.42. The second-order valence-electron chi connectivity index (χ2n) is 5.16. The van der Waals surface area contributed by atoms with Crippen LogP contribution in [0.2, 0.25) is 0 Å². The van der Waals surface area contributed by atoms with Gasteiger partial charge in [0.05, 0.1) is 21.8 Å². The van der Waals surface area contributed by atoms with Gasteiger partial charge in [-0.15, -0.1) is 0 Å². The van der Waals surface area contributed by atoms with Crippen molar-refractivity contribution in [1.82, 2.24) is 5.32 Å². The Bertz CT molecular complexity index is 605. The second-order valence-corrected chi connectivity index (χ2v) is 7.41. The minimum absolute atomic E-state index is 0.0422. The number of hydrogen-bond acceptors (Lipinski definition) is 4. The van der Waals surface area contributed by atoms with Gasteiger partial charge in [0.15, 0.2) is 9.84 Å². The molecule has 1 aromatic rings. The molecule has 0 aromatic heterocycles. The summed E-state index contributed by atoms with van der Waals surface area (Å²) in [5.74, 6) is -0.515. The minimum atomic E-state index is -3.44. The number of amides is 1. The molecule has 0 bridgehead atoms. The molecule has 0 heterocycles. The molecule has 0 atom stereocenters. The van der Waals surface area contributed by atoms with Crippen LogP contribution in [0.15, 0.2) is 29.2 Å². The summed E-state index contributed by atoms with van der Waals surface area (Å²) >= 11 is 0. The first kappa shape index (κ1) is 15.0. The fourth-order valence-electron chi connectivity index (χ4n) is 2.18. The zero-order valence-corrected chi connectivity index (χ0v) is 12.2. The predicted molar refractivity (Wildman–Crippen MR) is 75.3 cm³/mol. The van der Waals surface area contributed by atoms with E-state index in [1.165, 1.54) is 12.1 Å². The number of carbonyl (C=O) groups is 1. The topological polar surface area (TPSA) is 83.5 Å². The van der Waals surface area contributed by atoms with Gasteiger partial charge in [0.2, 0.25) is 0 Å². The van der Waals surface area contributed by atoms with Crippen LogP contribution in [0.3, 0.4) is 0 Å². The largest absolute Gasteiger partial charge is 0.388 e. The lowest BCUT2D eigenvalue weighted by Gasteiger charge is -2.36. The highest BCUT2D eigenvalue weighted by atomic mass is 32.2. The first-order valence-electron chi connectivity index (χ1n) is 6.70. The van der Waals surface area contributed by atoms with Gasteiger partial charge >= 0.3 is 0 Å². The Morgan fingerprint density at radius 2 is 2.00 bits per heavy atom. The van der Waals surface area contributed by atoms with Crippen LogP contribution in [0.4, 0.5) is 0 Å². The lowest BCUT2D eigenvalue weighted by Crippen LogP contribution is -2.47. The van der Waals surface area contributed by atoms with Crippen molar-refractivity contribution >= 4 is 15.7 Å². The standard InChI is InChI=1S/C14H19NO4S/c1-2-20(18,19)12-7-4-3-6-11(12)13(16)15-10-14(17)8-5-9-14/h3-4,6-7,17H,2,5,8-10H2,1H3,(H,15,16). The third kappa shape index (κ3) is 3.02. The van der Waals surface area contributed by atoms with Gasteiger partial charge in [0.1, 0.15) is 0 Å². The summed E-state index contributed by atoms with van der Waals surface area (Å²) in [6.45, 7) is 1.70. The maximum atomic E-state index is 12.1. The van der Waals surface area contributed by atoms with Gasteiger partial charge in [-0.2, -0.15) is 0 Å². The van der Waals surface area contributed by atoms with Gasteiger partial charge in [-0.05, 0) is 31.4 Å². The first-order chi connectivity index (χ1) is 9.38. The van der Waals surface area contributed by atoms with E-state index in [2.05, 4.69) is 5.32 Å². The van der Waals surface area contributed by atoms with Crippen LogP contribution in [-0.2, 0) is 9.84 Å². The number of aliphatic hydroxyl groups is 1. The van der Waals surface area contributed by atoms with Crippen molar-refractivity contribution in [2.24, 2.45) is 0 Å². The Hall–Kier alpha value is -1.40. The zero-order chi connectivity index (χ0) is 14.8. The van der Waals surface area contributed by atoms with Crippen LogP contribution in [0.1, 0.15) is 36.5 Å². The Morgan fingerprint density at radius 3 is 2.55 bits per heavy atom. The fourth-order valence-corrected chi connectivity index (χ4v) is 3.28. The SMILES string of the molecule is CCS(=O)(=O)c1ccccc1C(=O)NCC1(O)CCC1. The number of carbonyl (C=O) groups excluding carboxylic acids is 1. The van der Waals surface area contributed by atoms with Crippen molar-refractivity contribution in [3.8, 4) is 0 Å². The molecule has 1 saturated carbocycles. The molecule has 0 radical (unpaired) electrons. The molecule has 6 heteroatoms. The van der Waals surface area contributed by atoms with E-state index in [4.69, 9.17) is 0 Å². The number of sulfone groups is 1. The molecule has 2 rings (SSSR count). The molecule has 20 heavy (non-hydrogen) atoms. The summed E-state index contributed by atoms with van der Waals surface area (Å²) < 4.78 is 23.9. The van der Waals surface area contributed by atoms with Crippen molar-refractivity contribution in [3.63, 3.8) is 0 Å². The molecule has 0 saturated heterocycles. The van der Waals surface area contributed by atoms with E-state index in [1.807, 2.05) is 0 Å². The number of rotatable bonds is 5.